The maximum atomic E-state index is 12.2. The zero-order valence-corrected chi connectivity index (χ0v) is 10.4. The Balaban J connectivity index is 2.28. The maximum absolute atomic E-state index is 12.2. The van der Waals surface area contributed by atoms with Gasteiger partial charge in [-0.05, 0) is 12.1 Å². The summed E-state index contributed by atoms with van der Waals surface area (Å²) in [6.07, 6.45) is 1.79. The van der Waals surface area contributed by atoms with Gasteiger partial charge in [-0.15, -0.1) is 0 Å². The zero-order chi connectivity index (χ0) is 13.1. The minimum absolute atomic E-state index is 0.0480. The molecule has 0 radical (unpaired) electrons. The molecule has 1 aromatic heterocycles. The summed E-state index contributed by atoms with van der Waals surface area (Å²) < 4.78 is 0. The lowest BCUT2D eigenvalue weighted by atomic mass is 10.1. The molecule has 0 unspecified atom stereocenters. The van der Waals surface area contributed by atoms with Crippen LogP contribution in [0.3, 0.4) is 0 Å². The highest BCUT2D eigenvalue weighted by atomic mass is 16.2. The molecule has 0 aliphatic heterocycles. The number of hydrogen-bond donors (Lipinski definition) is 2. The van der Waals surface area contributed by atoms with Crippen molar-refractivity contribution in [1.29, 1.82) is 0 Å². The number of para-hydroxylation sites is 1. The van der Waals surface area contributed by atoms with Gasteiger partial charge in [0.2, 0.25) is 5.91 Å². The number of H-pyrrole nitrogens is 1. The Bertz CT molecular complexity index is 589. The van der Waals surface area contributed by atoms with Gasteiger partial charge in [0, 0.05) is 25.7 Å². The first-order valence-corrected chi connectivity index (χ1v) is 5.65. The highest BCUT2D eigenvalue weighted by Gasteiger charge is 2.16. The van der Waals surface area contributed by atoms with Crippen molar-refractivity contribution in [1.82, 2.24) is 15.2 Å². The Morgan fingerprint density at radius 1 is 1.33 bits per heavy atom. The largest absolute Gasteiger partial charge is 0.361 e. The van der Waals surface area contributed by atoms with E-state index in [1.807, 2.05) is 18.2 Å². The molecule has 0 atom stereocenters. The van der Waals surface area contributed by atoms with Crippen LogP contribution in [-0.2, 0) is 4.79 Å². The minimum Gasteiger partial charge on any atom is -0.361 e. The second-order valence-electron chi connectivity index (χ2n) is 4.08. The lowest BCUT2D eigenvalue weighted by Crippen LogP contribution is -2.36. The third-order valence-electron chi connectivity index (χ3n) is 2.82. The van der Waals surface area contributed by atoms with Crippen LogP contribution >= 0.6 is 0 Å². The number of likely N-dealkylation sites (N-methyl/N-ethyl adjacent to an activating group) is 2. The van der Waals surface area contributed by atoms with Gasteiger partial charge in [-0.25, -0.2) is 0 Å². The Hall–Kier alpha value is -2.30. The molecule has 0 spiro atoms. The number of amides is 2. The SMILES string of the molecule is CNC(=O)CN(C)C(=O)c1cccc2cc[nH]c12. The first-order chi connectivity index (χ1) is 8.63. The van der Waals surface area contributed by atoms with Crippen LogP contribution in [0.1, 0.15) is 10.4 Å². The molecular formula is C13H15N3O2. The highest BCUT2D eigenvalue weighted by molar-refractivity contribution is 6.06. The summed E-state index contributed by atoms with van der Waals surface area (Å²) in [5.74, 6) is -0.365. The number of fused-ring (bicyclic) bond motifs is 1. The van der Waals surface area contributed by atoms with Crippen molar-refractivity contribution in [3.63, 3.8) is 0 Å². The van der Waals surface area contributed by atoms with E-state index in [-0.39, 0.29) is 18.4 Å². The topological polar surface area (TPSA) is 65.2 Å². The number of carbonyl (C=O) groups excluding carboxylic acids is 2. The summed E-state index contributed by atoms with van der Waals surface area (Å²) in [6.45, 7) is 0.0480. The van der Waals surface area contributed by atoms with Crippen molar-refractivity contribution in [2.45, 2.75) is 0 Å². The number of aromatic amines is 1. The second kappa shape index (κ2) is 4.91. The van der Waals surface area contributed by atoms with Crippen LogP contribution in [-0.4, -0.2) is 42.3 Å². The Morgan fingerprint density at radius 3 is 2.83 bits per heavy atom. The van der Waals surface area contributed by atoms with Gasteiger partial charge in [-0.2, -0.15) is 0 Å². The first kappa shape index (κ1) is 12.2. The van der Waals surface area contributed by atoms with E-state index in [2.05, 4.69) is 10.3 Å². The molecule has 2 N–H and O–H groups in total. The van der Waals surface area contributed by atoms with Gasteiger partial charge in [0.25, 0.3) is 5.91 Å². The number of benzene rings is 1. The van der Waals surface area contributed by atoms with Crippen molar-refractivity contribution in [3.8, 4) is 0 Å². The van der Waals surface area contributed by atoms with Crippen molar-refractivity contribution in [2.75, 3.05) is 20.6 Å². The quantitative estimate of drug-likeness (QED) is 0.846. The molecule has 0 saturated heterocycles. The van der Waals surface area contributed by atoms with Crippen LogP contribution in [0.2, 0.25) is 0 Å². The highest BCUT2D eigenvalue weighted by Crippen LogP contribution is 2.18. The summed E-state index contributed by atoms with van der Waals surface area (Å²) >= 11 is 0. The van der Waals surface area contributed by atoms with Gasteiger partial charge in [-0.1, -0.05) is 12.1 Å². The molecule has 0 aliphatic rings. The van der Waals surface area contributed by atoms with E-state index < -0.39 is 0 Å². The summed E-state index contributed by atoms with van der Waals surface area (Å²) in [4.78, 5) is 27.9. The molecule has 5 nitrogen and oxygen atoms in total. The van der Waals surface area contributed by atoms with Gasteiger partial charge in [0.15, 0.2) is 0 Å². The van der Waals surface area contributed by atoms with E-state index >= 15 is 0 Å². The van der Waals surface area contributed by atoms with Crippen LogP contribution < -0.4 is 5.32 Å². The van der Waals surface area contributed by atoms with Gasteiger partial charge in [0.05, 0.1) is 17.6 Å². The molecule has 1 aromatic carbocycles. The average Bonchev–Trinajstić information content (AvgIpc) is 2.85. The number of nitrogens with one attached hydrogen (secondary N) is 2. The first-order valence-electron chi connectivity index (χ1n) is 5.65. The molecule has 5 heteroatoms. The van der Waals surface area contributed by atoms with Crippen molar-refractivity contribution < 1.29 is 9.59 Å². The van der Waals surface area contributed by atoms with Crippen LogP contribution in [0, 0.1) is 0 Å². The standard InChI is InChI=1S/C13H15N3O2/c1-14-11(17)8-16(2)13(18)10-5-3-4-9-6-7-15-12(9)10/h3-7,15H,8H2,1-2H3,(H,14,17). The lowest BCUT2D eigenvalue weighted by molar-refractivity contribution is -0.121. The molecule has 0 aliphatic carbocycles. The monoisotopic (exact) mass is 245 g/mol. The third-order valence-corrected chi connectivity index (χ3v) is 2.82. The Labute approximate surface area is 105 Å². The van der Waals surface area contributed by atoms with Gasteiger partial charge < -0.3 is 15.2 Å². The fourth-order valence-corrected chi connectivity index (χ4v) is 1.84. The summed E-state index contributed by atoms with van der Waals surface area (Å²) in [6, 6.07) is 7.42. The third kappa shape index (κ3) is 2.20. The summed E-state index contributed by atoms with van der Waals surface area (Å²) in [7, 11) is 3.16. The van der Waals surface area contributed by atoms with E-state index in [0.29, 0.717) is 5.56 Å². The van der Waals surface area contributed by atoms with Crippen LogP contribution in [0.5, 0.6) is 0 Å². The van der Waals surface area contributed by atoms with Crippen LogP contribution in [0.25, 0.3) is 10.9 Å². The number of aromatic nitrogens is 1. The van der Waals surface area contributed by atoms with Gasteiger partial charge in [-0.3, -0.25) is 9.59 Å². The van der Waals surface area contributed by atoms with Gasteiger partial charge >= 0.3 is 0 Å². The normalized spacial score (nSPS) is 10.3. The van der Waals surface area contributed by atoms with E-state index in [9.17, 15) is 9.59 Å². The van der Waals surface area contributed by atoms with Crippen LogP contribution in [0.4, 0.5) is 0 Å². The smallest absolute Gasteiger partial charge is 0.256 e. The molecule has 0 fully saturated rings. The number of hydrogen-bond acceptors (Lipinski definition) is 2. The fourth-order valence-electron chi connectivity index (χ4n) is 1.84. The molecule has 0 bridgehead atoms. The Kier molecular flexibility index (Phi) is 3.32. The van der Waals surface area contributed by atoms with E-state index in [1.54, 1.807) is 26.4 Å². The molecule has 94 valence electrons. The minimum atomic E-state index is -0.190. The maximum Gasteiger partial charge on any atom is 0.256 e. The van der Waals surface area contributed by atoms with E-state index in [1.165, 1.54) is 4.90 Å². The van der Waals surface area contributed by atoms with Gasteiger partial charge in [0.1, 0.15) is 0 Å². The predicted molar refractivity (Wildman–Crippen MR) is 69.3 cm³/mol. The number of carbonyl (C=O) groups is 2. The number of nitrogens with zero attached hydrogens (tertiary/aromatic N) is 1. The lowest BCUT2D eigenvalue weighted by Gasteiger charge is -2.16. The number of rotatable bonds is 3. The molecule has 2 rings (SSSR count). The van der Waals surface area contributed by atoms with Crippen molar-refractivity contribution >= 4 is 22.7 Å². The fraction of sp³-hybridized carbons (Fsp3) is 0.231. The summed E-state index contributed by atoms with van der Waals surface area (Å²) in [5.41, 5.74) is 1.37. The van der Waals surface area contributed by atoms with E-state index in [0.717, 1.165) is 10.9 Å². The van der Waals surface area contributed by atoms with Crippen molar-refractivity contribution in [3.05, 3.63) is 36.0 Å². The zero-order valence-electron chi connectivity index (χ0n) is 10.4. The molecule has 18 heavy (non-hydrogen) atoms. The summed E-state index contributed by atoms with van der Waals surface area (Å²) in [5, 5.41) is 3.47. The molecule has 1 heterocycles. The Morgan fingerprint density at radius 2 is 2.11 bits per heavy atom. The average molecular weight is 245 g/mol. The van der Waals surface area contributed by atoms with Crippen molar-refractivity contribution in [2.24, 2.45) is 0 Å². The molecule has 2 aromatic rings. The second-order valence-corrected chi connectivity index (χ2v) is 4.08. The molecular weight excluding hydrogens is 230 g/mol. The predicted octanol–water partition coefficient (Wildman–Crippen LogP) is 0.986. The molecule has 0 saturated carbocycles. The van der Waals surface area contributed by atoms with E-state index in [4.69, 9.17) is 0 Å². The van der Waals surface area contributed by atoms with Crippen LogP contribution in [0.15, 0.2) is 30.5 Å². The molecule has 2 amide bonds.